The number of esters is 1. The molecular weight excluding hydrogens is 1510 g/mol. The molecule has 1 saturated heterocycles. The van der Waals surface area contributed by atoms with Gasteiger partial charge in [0.05, 0.1) is 57.0 Å². The summed E-state index contributed by atoms with van der Waals surface area (Å²) in [5.41, 5.74) is 4.41. The monoisotopic (exact) mass is 1650 g/mol. The van der Waals surface area contributed by atoms with E-state index < -0.39 is 47.0 Å². The Kier molecular flexibility index (Phi) is 42.5. The van der Waals surface area contributed by atoms with Gasteiger partial charge in [-0.1, -0.05) is 294 Å². The fourth-order valence-corrected chi connectivity index (χ4v) is 19.3. The van der Waals surface area contributed by atoms with Crippen LogP contribution in [-0.4, -0.2) is 151 Å². The van der Waals surface area contributed by atoms with E-state index in [1.807, 2.05) is 72.7 Å². The Morgan fingerprint density at radius 1 is 0.473 bits per heavy atom. The number of aromatic nitrogens is 12. The summed E-state index contributed by atoms with van der Waals surface area (Å²) in [5.74, 6) is 3.00. The van der Waals surface area contributed by atoms with Gasteiger partial charge in [0.1, 0.15) is 37.3 Å². The summed E-state index contributed by atoms with van der Waals surface area (Å²) < 4.78 is 91.0. The van der Waals surface area contributed by atoms with E-state index in [9.17, 15) is 30.0 Å². The molecule has 7 heterocycles. The predicted molar refractivity (Wildman–Crippen MR) is 453 cm³/mol. The van der Waals surface area contributed by atoms with Gasteiger partial charge in [0.2, 0.25) is 0 Å². The zero-order valence-corrected chi connectivity index (χ0v) is 73.4. The van der Waals surface area contributed by atoms with Crippen LogP contribution in [0.4, 0.5) is 5.69 Å². The van der Waals surface area contributed by atoms with E-state index in [0.717, 1.165) is 86.4 Å². The molecule has 8 rings (SSSR count). The number of H-pyrrole nitrogens is 3. The fraction of sp³-hybridized carbons (Fsp3) is 0.768. The van der Waals surface area contributed by atoms with Crippen molar-refractivity contribution in [2.24, 2.45) is 0 Å². The molecule has 7 aromatic rings. The van der Waals surface area contributed by atoms with Gasteiger partial charge in [0, 0.05) is 30.6 Å². The highest BCUT2D eigenvalue weighted by atomic mass is 35.5. The normalized spacial score (nSPS) is 14.3. The van der Waals surface area contributed by atoms with Gasteiger partial charge in [-0.3, -0.25) is 15.3 Å². The zero-order valence-electron chi connectivity index (χ0n) is 68.7. The Morgan fingerprint density at radius 2 is 0.827 bits per heavy atom. The maximum absolute atomic E-state index is 13.4. The van der Waals surface area contributed by atoms with Gasteiger partial charge in [-0.15, -0.1) is 30.6 Å². The first-order valence-corrected chi connectivity index (χ1v) is 48.9. The summed E-state index contributed by atoms with van der Waals surface area (Å²) in [6.07, 6.45) is 48.0. The number of sulfone groups is 3. The highest BCUT2D eigenvalue weighted by Gasteiger charge is 2.33. The van der Waals surface area contributed by atoms with E-state index in [0.29, 0.717) is 81.1 Å². The average molecular weight is 1650 g/mol. The molecule has 0 aliphatic carbocycles. The number of fused-ring (bicyclic) bond motifs is 3. The first kappa shape index (κ1) is 93.9. The molecule has 0 bridgehead atoms. The summed E-state index contributed by atoms with van der Waals surface area (Å²) in [6.45, 7) is 21.2. The molecule has 1 aliphatic rings. The molecule has 0 saturated carbocycles. The van der Waals surface area contributed by atoms with Gasteiger partial charge in [-0.05, 0) is 91.0 Å². The van der Waals surface area contributed by atoms with Gasteiger partial charge in [0.15, 0.2) is 60.2 Å². The number of hydrogen-bond donors (Lipinski definition) is 3. The number of benzene rings is 1. The number of aromatic amines is 3. The molecule has 624 valence electrons. The number of aryl methyl sites for hydroxylation is 3. The Hall–Kier alpha value is -4.95. The summed E-state index contributed by atoms with van der Waals surface area (Å²) in [4.78, 5) is 15.5. The van der Waals surface area contributed by atoms with Gasteiger partial charge >= 0.3 is 5.97 Å². The zero-order chi connectivity index (χ0) is 80.0. The number of anilines is 1. The lowest BCUT2D eigenvalue weighted by atomic mass is 9.94. The topological polar surface area (TPSA) is 279 Å². The maximum Gasteiger partial charge on any atom is 0.347 e. The van der Waals surface area contributed by atoms with Gasteiger partial charge < -0.3 is 14.4 Å². The second-order valence-corrected chi connectivity index (χ2v) is 40.0. The number of unbranched alkanes of at least 4 members (excludes halogenated alkanes) is 35. The minimum Gasteiger partial charge on any atom is -0.479 e. The largest absolute Gasteiger partial charge is 0.479 e. The molecule has 110 heavy (non-hydrogen) atoms. The quantitative estimate of drug-likeness (QED) is 0.0236. The lowest BCUT2D eigenvalue weighted by Crippen LogP contribution is -2.40. The third-order valence-electron chi connectivity index (χ3n) is 21.4. The number of rotatable bonds is 55. The minimum absolute atomic E-state index is 0.0137. The van der Waals surface area contributed by atoms with E-state index in [4.69, 9.17) is 44.3 Å². The first-order valence-electron chi connectivity index (χ1n) is 42.3. The van der Waals surface area contributed by atoms with Crippen LogP contribution >= 0.6 is 34.8 Å². The fourth-order valence-electron chi connectivity index (χ4n) is 14.3. The Bertz CT molecular complexity index is 4080. The number of hydrogen-bond acceptors (Lipinski definition) is 16. The van der Waals surface area contributed by atoms with Gasteiger partial charge in [0.25, 0.3) is 0 Å². The lowest BCUT2D eigenvalue weighted by Gasteiger charge is -2.29. The first-order chi connectivity index (χ1) is 52.7. The number of carbonyl (C=O) groups is 1. The molecule has 28 heteroatoms. The van der Waals surface area contributed by atoms with E-state index in [-0.39, 0.29) is 47.2 Å². The molecule has 1 aliphatic heterocycles. The van der Waals surface area contributed by atoms with Crippen molar-refractivity contribution in [2.75, 3.05) is 59.1 Å². The highest BCUT2D eigenvalue weighted by Crippen LogP contribution is 2.31. The van der Waals surface area contributed by atoms with Crippen molar-refractivity contribution in [1.82, 2.24) is 59.4 Å². The van der Waals surface area contributed by atoms with Crippen LogP contribution in [0.2, 0.25) is 15.1 Å². The summed E-state index contributed by atoms with van der Waals surface area (Å²) >= 11 is 18.7. The molecule has 3 unspecified atom stereocenters. The number of nitrogens with one attached hydrogen (secondary N) is 3. The number of carbonyl (C=O) groups excluding carboxylic acids is 1. The Balaban J connectivity index is 0.000000261. The molecule has 0 radical (unpaired) electrons. The van der Waals surface area contributed by atoms with Crippen molar-refractivity contribution >= 4 is 92.9 Å². The number of halogens is 3. The van der Waals surface area contributed by atoms with Gasteiger partial charge in [-0.2, -0.15) is 0 Å². The maximum atomic E-state index is 13.4. The van der Waals surface area contributed by atoms with Crippen molar-refractivity contribution in [3.05, 3.63) is 73.9 Å². The van der Waals surface area contributed by atoms with E-state index in [1.165, 1.54) is 186 Å². The lowest BCUT2D eigenvalue weighted by molar-refractivity contribution is -0.154. The minimum atomic E-state index is -3.13. The third kappa shape index (κ3) is 32.7. The van der Waals surface area contributed by atoms with Gasteiger partial charge in [-0.25, -0.2) is 43.6 Å². The van der Waals surface area contributed by atoms with Crippen LogP contribution in [0.15, 0.2) is 24.3 Å². The van der Waals surface area contributed by atoms with Crippen LogP contribution < -0.4 is 9.64 Å². The molecule has 6 aromatic heterocycles. The molecule has 0 amide bonds. The SMILES string of the molecule is CCCCCCCCCCC(Oc1ccc(N2CCS(=O)(=O)CC2)cc1)C(=O)OCC(C)(C)c1nnc2c(Cl)c(C)[nH]n12.CCCCCCCCCCCCCCCCCCS(=O)(=O)CC(C)c1nnc2c(Cl)c(C)[nH]n12.CCCCCCCCCCCCCCCCS(=O)(=O)CCC(C)c1nnc2c(Cl)c(C)[nH]n12. The van der Waals surface area contributed by atoms with Crippen LogP contribution in [0.5, 0.6) is 5.75 Å². The van der Waals surface area contributed by atoms with Crippen molar-refractivity contribution in [2.45, 2.75) is 349 Å². The second-order valence-electron chi connectivity index (χ2n) is 32.0. The number of ether oxygens (including phenoxy) is 2. The standard InChI is InChI=1S/C31H46ClN5O5S.C26H47ClN4O2S.C25H45ClN4O2S/c1-5-6-7-8-9-10-11-12-13-26(42-25-16-14-24(15-17-25)36-18-20-43(39,40)21-19-36)29(38)41-22-31(3,4)30-34-33-28-27(32)23(2)35-37(28)30;1-4-5-6-7-8-9-10-11-12-13-14-15-16-17-18-19-20-34(32,33)21-22(2)25-28-29-26-24(27)23(3)30-31(25)26;1-4-5-6-7-8-9-10-11-12-13-14-15-16-17-19-33(31,32)20-18-21(2)24-27-28-25-23(26)22(3)29-30(24)25/h14-17,26,35H,5-13,18-22H2,1-4H3;22,30H,4-21H2,1-3H3;21,29H,4-20H2,1-3H3. The smallest absolute Gasteiger partial charge is 0.347 e. The molecule has 1 aromatic carbocycles. The summed E-state index contributed by atoms with van der Waals surface area (Å²) in [5, 5.41) is 36.1. The van der Waals surface area contributed by atoms with Crippen molar-refractivity contribution in [3.8, 4) is 5.75 Å². The van der Waals surface area contributed by atoms with Crippen LogP contribution in [0.3, 0.4) is 0 Å². The molecular formula is C82H138Cl3N13O9S3. The summed E-state index contributed by atoms with van der Waals surface area (Å²) in [6, 6.07) is 7.49. The van der Waals surface area contributed by atoms with Crippen molar-refractivity contribution in [1.29, 1.82) is 0 Å². The van der Waals surface area contributed by atoms with Crippen molar-refractivity contribution in [3.63, 3.8) is 0 Å². The van der Waals surface area contributed by atoms with E-state index in [2.05, 4.69) is 71.6 Å². The van der Waals surface area contributed by atoms with Crippen LogP contribution in [-0.2, 0) is 44.5 Å². The second kappa shape index (κ2) is 49.7. The molecule has 1 fully saturated rings. The van der Waals surface area contributed by atoms with E-state index in [1.54, 1.807) is 13.5 Å². The van der Waals surface area contributed by atoms with Crippen LogP contribution in [0.1, 0.15) is 352 Å². The average Bonchev–Trinajstić information content (AvgIpc) is 1.80. The van der Waals surface area contributed by atoms with E-state index >= 15 is 0 Å². The van der Waals surface area contributed by atoms with Crippen LogP contribution in [0.25, 0.3) is 16.9 Å². The summed E-state index contributed by atoms with van der Waals surface area (Å²) in [7, 11) is -9.11. The number of nitrogens with zero attached hydrogens (tertiary/aromatic N) is 10. The third-order valence-corrected chi connectivity index (χ3v) is 28.1. The van der Waals surface area contributed by atoms with Crippen molar-refractivity contribution < 1.29 is 39.5 Å². The molecule has 0 spiro atoms. The molecule has 22 nitrogen and oxygen atoms in total. The Morgan fingerprint density at radius 3 is 1.25 bits per heavy atom. The highest BCUT2D eigenvalue weighted by molar-refractivity contribution is 7.91. The predicted octanol–water partition coefficient (Wildman–Crippen LogP) is 21.3. The van der Waals surface area contributed by atoms with Crippen LogP contribution in [0, 0.1) is 20.8 Å². The Labute approximate surface area is 675 Å². The molecule has 3 N–H and O–H groups in total. The molecule has 3 atom stereocenters.